The highest BCUT2D eigenvalue weighted by atomic mass is 32.1. The van der Waals surface area contributed by atoms with Crippen LogP contribution in [0.1, 0.15) is 36.8 Å². The molecule has 0 aliphatic carbocycles. The van der Waals surface area contributed by atoms with E-state index in [1.165, 1.54) is 10.4 Å². The van der Waals surface area contributed by atoms with Crippen molar-refractivity contribution in [3.63, 3.8) is 0 Å². The first kappa shape index (κ1) is 15.0. The first-order valence-corrected chi connectivity index (χ1v) is 8.02. The number of hydrogen-bond acceptors (Lipinski definition) is 4. The molecule has 0 saturated carbocycles. The summed E-state index contributed by atoms with van der Waals surface area (Å²) in [7, 11) is 2.12. The fourth-order valence-corrected chi connectivity index (χ4v) is 3.02. The Balaban J connectivity index is 2.14. The van der Waals surface area contributed by atoms with E-state index in [9.17, 15) is 0 Å². The lowest BCUT2D eigenvalue weighted by Crippen LogP contribution is -2.25. The summed E-state index contributed by atoms with van der Waals surface area (Å²) in [4.78, 5) is 8.20. The average Bonchev–Trinajstić information content (AvgIpc) is 3.01. The average molecular weight is 289 g/mol. The minimum absolute atomic E-state index is 0.342. The quantitative estimate of drug-likeness (QED) is 0.785. The zero-order valence-corrected chi connectivity index (χ0v) is 13.3. The predicted octanol–water partition coefficient (Wildman–Crippen LogP) is 3.84. The molecule has 0 radical (unpaired) electrons. The van der Waals surface area contributed by atoms with Crippen molar-refractivity contribution in [1.29, 1.82) is 0 Å². The highest BCUT2D eigenvalue weighted by Gasteiger charge is 2.16. The zero-order chi connectivity index (χ0) is 14.4. The molecule has 0 aromatic carbocycles. The van der Waals surface area contributed by atoms with Crippen molar-refractivity contribution in [3.8, 4) is 0 Å². The van der Waals surface area contributed by atoms with Gasteiger partial charge in [-0.05, 0) is 37.4 Å². The van der Waals surface area contributed by atoms with Crippen LogP contribution in [-0.2, 0) is 6.54 Å². The Morgan fingerprint density at radius 2 is 2.20 bits per heavy atom. The maximum atomic E-state index is 4.58. The molecule has 3 nitrogen and oxygen atoms in total. The van der Waals surface area contributed by atoms with E-state index in [2.05, 4.69) is 59.7 Å². The van der Waals surface area contributed by atoms with Crippen LogP contribution in [0.3, 0.4) is 0 Å². The van der Waals surface area contributed by atoms with Crippen molar-refractivity contribution in [2.45, 2.75) is 32.9 Å². The monoisotopic (exact) mass is 289 g/mol. The van der Waals surface area contributed by atoms with Crippen molar-refractivity contribution < 1.29 is 0 Å². The van der Waals surface area contributed by atoms with E-state index < -0.39 is 0 Å². The van der Waals surface area contributed by atoms with E-state index in [1.807, 2.05) is 12.3 Å². The molecule has 2 heterocycles. The third-order valence-corrected chi connectivity index (χ3v) is 4.52. The Bertz CT molecular complexity index is 510. The molecule has 20 heavy (non-hydrogen) atoms. The number of nitrogens with zero attached hydrogens (tertiary/aromatic N) is 2. The number of hydrogen-bond donors (Lipinski definition) is 1. The maximum Gasteiger partial charge on any atom is 0.133 e. The van der Waals surface area contributed by atoms with Gasteiger partial charge in [0.15, 0.2) is 0 Å². The predicted molar refractivity (Wildman–Crippen MR) is 87.4 cm³/mol. The SMILES string of the molecule is CCCNCc1cccnc1N(C)C(C)c1cccs1. The minimum atomic E-state index is 0.342. The summed E-state index contributed by atoms with van der Waals surface area (Å²) >= 11 is 1.80. The van der Waals surface area contributed by atoms with Crippen molar-refractivity contribution >= 4 is 17.2 Å². The first-order chi connectivity index (χ1) is 9.74. The second-order valence-corrected chi connectivity index (χ2v) is 5.94. The second kappa shape index (κ2) is 7.41. The van der Waals surface area contributed by atoms with Crippen LogP contribution >= 0.6 is 11.3 Å². The molecule has 0 spiro atoms. The van der Waals surface area contributed by atoms with Crippen LogP contribution in [0.15, 0.2) is 35.8 Å². The van der Waals surface area contributed by atoms with Crippen molar-refractivity contribution in [2.24, 2.45) is 0 Å². The molecule has 0 bridgehead atoms. The molecule has 2 rings (SSSR count). The number of aromatic nitrogens is 1. The van der Waals surface area contributed by atoms with Gasteiger partial charge in [-0.2, -0.15) is 0 Å². The molecule has 0 aliphatic rings. The molecular weight excluding hydrogens is 266 g/mol. The lowest BCUT2D eigenvalue weighted by molar-refractivity contribution is 0.665. The third kappa shape index (κ3) is 3.58. The van der Waals surface area contributed by atoms with E-state index >= 15 is 0 Å². The van der Waals surface area contributed by atoms with E-state index in [0.29, 0.717) is 6.04 Å². The molecule has 0 aliphatic heterocycles. The molecular formula is C16H23N3S. The van der Waals surface area contributed by atoms with E-state index in [-0.39, 0.29) is 0 Å². The highest BCUT2D eigenvalue weighted by Crippen LogP contribution is 2.28. The number of nitrogens with one attached hydrogen (secondary N) is 1. The maximum absolute atomic E-state index is 4.58. The molecule has 0 fully saturated rings. The van der Waals surface area contributed by atoms with Gasteiger partial charge < -0.3 is 10.2 Å². The topological polar surface area (TPSA) is 28.2 Å². The zero-order valence-electron chi connectivity index (χ0n) is 12.5. The summed E-state index contributed by atoms with van der Waals surface area (Å²) in [5, 5.41) is 5.58. The van der Waals surface area contributed by atoms with Crippen LogP contribution in [-0.4, -0.2) is 18.6 Å². The molecule has 1 N–H and O–H groups in total. The number of pyridine rings is 1. The highest BCUT2D eigenvalue weighted by molar-refractivity contribution is 7.10. The molecule has 0 saturated heterocycles. The van der Waals surface area contributed by atoms with Gasteiger partial charge in [0, 0.05) is 30.2 Å². The normalized spacial score (nSPS) is 12.3. The molecule has 4 heteroatoms. The van der Waals surface area contributed by atoms with Crippen LogP contribution in [0.2, 0.25) is 0 Å². The smallest absolute Gasteiger partial charge is 0.133 e. The molecule has 1 atom stereocenters. The molecule has 0 amide bonds. The Kier molecular flexibility index (Phi) is 5.56. The molecule has 2 aromatic rings. The van der Waals surface area contributed by atoms with E-state index in [4.69, 9.17) is 0 Å². The minimum Gasteiger partial charge on any atom is -0.352 e. The standard InChI is InChI=1S/C16H23N3S/c1-4-9-17-12-14-7-5-10-18-16(14)19(3)13(2)15-8-6-11-20-15/h5-8,10-11,13,17H,4,9,12H2,1-3H3. The summed E-state index contributed by atoms with van der Waals surface area (Å²) in [5.41, 5.74) is 1.26. The third-order valence-electron chi connectivity index (χ3n) is 3.48. The van der Waals surface area contributed by atoms with Crippen molar-refractivity contribution in [3.05, 3.63) is 46.3 Å². The Hall–Kier alpha value is -1.39. The summed E-state index contributed by atoms with van der Waals surface area (Å²) in [6.07, 6.45) is 3.02. The summed E-state index contributed by atoms with van der Waals surface area (Å²) < 4.78 is 0. The summed E-state index contributed by atoms with van der Waals surface area (Å²) in [6.45, 7) is 6.32. The fraction of sp³-hybridized carbons (Fsp3) is 0.438. The van der Waals surface area contributed by atoms with Gasteiger partial charge in [-0.3, -0.25) is 0 Å². The van der Waals surface area contributed by atoms with E-state index in [0.717, 1.165) is 25.3 Å². The first-order valence-electron chi connectivity index (χ1n) is 7.15. The van der Waals surface area contributed by atoms with Crippen LogP contribution in [0.25, 0.3) is 0 Å². The van der Waals surface area contributed by atoms with Gasteiger partial charge in [-0.15, -0.1) is 11.3 Å². The van der Waals surface area contributed by atoms with Crippen LogP contribution in [0.4, 0.5) is 5.82 Å². The van der Waals surface area contributed by atoms with Crippen LogP contribution in [0.5, 0.6) is 0 Å². The Morgan fingerprint density at radius 1 is 1.35 bits per heavy atom. The lowest BCUT2D eigenvalue weighted by atomic mass is 10.2. The van der Waals surface area contributed by atoms with Crippen molar-refractivity contribution in [2.75, 3.05) is 18.5 Å². The molecule has 2 aromatic heterocycles. The lowest BCUT2D eigenvalue weighted by Gasteiger charge is -2.27. The fourth-order valence-electron chi connectivity index (χ4n) is 2.19. The summed E-state index contributed by atoms with van der Waals surface area (Å²) in [6, 6.07) is 8.80. The second-order valence-electron chi connectivity index (χ2n) is 4.97. The number of anilines is 1. The van der Waals surface area contributed by atoms with Gasteiger partial charge in [0.1, 0.15) is 5.82 Å². The number of thiophene rings is 1. The largest absolute Gasteiger partial charge is 0.352 e. The summed E-state index contributed by atoms with van der Waals surface area (Å²) in [5.74, 6) is 1.07. The van der Waals surface area contributed by atoms with Gasteiger partial charge in [0.2, 0.25) is 0 Å². The van der Waals surface area contributed by atoms with Gasteiger partial charge in [0.05, 0.1) is 6.04 Å². The Morgan fingerprint density at radius 3 is 2.90 bits per heavy atom. The molecule has 108 valence electrons. The van der Waals surface area contributed by atoms with Gasteiger partial charge in [0.25, 0.3) is 0 Å². The van der Waals surface area contributed by atoms with Crippen LogP contribution in [0, 0.1) is 0 Å². The molecule has 1 unspecified atom stereocenters. The Labute approximate surface area is 125 Å². The van der Waals surface area contributed by atoms with Crippen LogP contribution < -0.4 is 10.2 Å². The van der Waals surface area contributed by atoms with Crippen molar-refractivity contribution in [1.82, 2.24) is 10.3 Å². The van der Waals surface area contributed by atoms with Gasteiger partial charge in [-0.25, -0.2) is 4.98 Å². The van der Waals surface area contributed by atoms with Gasteiger partial charge >= 0.3 is 0 Å². The number of rotatable bonds is 7. The van der Waals surface area contributed by atoms with E-state index in [1.54, 1.807) is 11.3 Å². The van der Waals surface area contributed by atoms with Gasteiger partial charge in [-0.1, -0.05) is 19.1 Å².